The molecule has 1 rings (SSSR count). The molecule has 0 bridgehead atoms. The second-order valence-corrected chi connectivity index (χ2v) is 3.53. The Balaban J connectivity index is 2.27. The van der Waals surface area contributed by atoms with Gasteiger partial charge in [0.1, 0.15) is 6.29 Å². The maximum Gasteiger partial charge on any atom is 0.409 e. The smallest absolute Gasteiger partial charge is 0.409 e. The highest BCUT2D eigenvalue weighted by Crippen LogP contribution is 2.19. The summed E-state index contributed by atoms with van der Waals surface area (Å²) in [5.41, 5.74) is 0. The van der Waals surface area contributed by atoms with E-state index in [-0.39, 0.29) is 6.09 Å². The van der Waals surface area contributed by atoms with Crippen LogP contribution in [0.1, 0.15) is 26.2 Å². The Morgan fingerprint density at radius 2 is 2.14 bits per heavy atom. The first-order chi connectivity index (χ1) is 6.77. The molecule has 0 aromatic heterocycles. The van der Waals surface area contributed by atoms with E-state index < -0.39 is 0 Å². The summed E-state index contributed by atoms with van der Waals surface area (Å²) in [5.74, 6) is 0.457. The van der Waals surface area contributed by atoms with E-state index in [1.54, 1.807) is 11.8 Å². The molecule has 1 aliphatic heterocycles. The molecule has 4 nitrogen and oxygen atoms in total. The molecule has 0 unspecified atom stereocenters. The average molecular weight is 199 g/mol. The van der Waals surface area contributed by atoms with Gasteiger partial charge in [0.05, 0.1) is 6.61 Å². The van der Waals surface area contributed by atoms with Crippen LogP contribution >= 0.6 is 0 Å². The van der Waals surface area contributed by atoms with E-state index in [9.17, 15) is 9.59 Å². The highest BCUT2D eigenvalue weighted by molar-refractivity contribution is 5.67. The molecule has 80 valence electrons. The molecule has 1 amide bonds. The standard InChI is InChI=1S/C10H17NO3/c1-2-14-10(13)11-6-3-9(4-7-11)5-8-12/h8-9H,2-7H2,1H3. The number of hydrogen-bond acceptors (Lipinski definition) is 3. The van der Waals surface area contributed by atoms with Gasteiger partial charge in [-0.3, -0.25) is 0 Å². The number of nitrogens with zero attached hydrogens (tertiary/aromatic N) is 1. The zero-order valence-corrected chi connectivity index (χ0v) is 8.57. The first kappa shape index (κ1) is 11.0. The minimum atomic E-state index is -0.225. The van der Waals surface area contributed by atoms with Crippen LogP contribution < -0.4 is 0 Å². The SMILES string of the molecule is CCOC(=O)N1CCC(CC=O)CC1. The fraction of sp³-hybridized carbons (Fsp3) is 0.800. The lowest BCUT2D eigenvalue weighted by Gasteiger charge is -2.30. The normalized spacial score (nSPS) is 17.9. The number of carbonyl (C=O) groups is 2. The highest BCUT2D eigenvalue weighted by Gasteiger charge is 2.22. The van der Waals surface area contributed by atoms with Crippen LogP contribution in [0.2, 0.25) is 0 Å². The zero-order valence-electron chi connectivity index (χ0n) is 8.57. The van der Waals surface area contributed by atoms with E-state index in [4.69, 9.17) is 4.74 Å². The van der Waals surface area contributed by atoms with E-state index in [1.807, 2.05) is 0 Å². The van der Waals surface area contributed by atoms with Crippen molar-refractivity contribution >= 4 is 12.4 Å². The van der Waals surface area contributed by atoms with E-state index in [0.29, 0.717) is 18.9 Å². The fourth-order valence-corrected chi connectivity index (χ4v) is 1.70. The van der Waals surface area contributed by atoms with Gasteiger partial charge in [0.15, 0.2) is 0 Å². The molecule has 1 fully saturated rings. The number of hydrogen-bond donors (Lipinski definition) is 0. The Labute approximate surface area is 84.2 Å². The fourth-order valence-electron chi connectivity index (χ4n) is 1.70. The van der Waals surface area contributed by atoms with Crippen LogP contribution in [-0.4, -0.2) is 37.0 Å². The van der Waals surface area contributed by atoms with Crippen molar-refractivity contribution in [3.63, 3.8) is 0 Å². The van der Waals surface area contributed by atoms with Crippen molar-refractivity contribution in [1.82, 2.24) is 4.90 Å². The van der Waals surface area contributed by atoms with Gasteiger partial charge in [-0.15, -0.1) is 0 Å². The molecule has 0 spiro atoms. The van der Waals surface area contributed by atoms with Crippen molar-refractivity contribution in [1.29, 1.82) is 0 Å². The second kappa shape index (κ2) is 5.62. The first-order valence-electron chi connectivity index (χ1n) is 5.13. The number of aldehydes is 1. The van der Waals surface area contributed by atoms with Crippen LogP contribution in [0.5, 0.6) is 0 Å². The van der Waals surface area contributed by atoms with Gasteiger partial charge >= 0.3 is 6.09 Å². The first-order valence-corrected chi connectivity index (χ1v) is 5.13. The van der Waals surface area contributed by atoms with Crippen molar-refractivity contribution in [2.24, 2.45) is 5.92 Å². The van der Waals surface area contributed by atoms with Gasteiger partial charge in [-0.1, -0.05) is 0 Å². The van der Waals surface area contributed by atoms with E-state index in [1.165, 1.54) is 0 Å². The van der Waals surface area contributed by atoms with Gasteiger partial charge in [-0.25, -0.2) is 4.79 Å². The van der Waals surface area contributed by atoms with Crippen molar-refractivity contribution < 1.29 is 14.3 Å². The van der Waals surface area contributed by atoms with Crippen LogP contribution in [0.15, 0.2) is 0 Å². The monoisotopic (exact) mass is 199 g/mol. The molecule has 14 heavy (non-hydrogen) atoms. The third-order valence-corrected chi connectivity index (χ3v) is 2.57. The van der Waals surface area contributed by atoms with E-state index in [2.05, 4.69) is 0 Å². The molecule has 0 aromatic rings. The van der Waals surface area contributed by atoms with Crippen molar-refractivity contribution in [3.8, 4) is 0 Å². The molecule has 4 heteroatoms. The van der Waals surface area contributed by atoms with Crippen LogP contribution in [0.3, 0.4) is 0 Å². The lowest BCUT2D eigenvalue weighted by Crippen LogP contribution is -2.38. The van der Waals surface area contributed by atoms with Gasteiger partial charge in [0.25, 0.3) is 0 Å². The van der Waals surface area contributed by atoms with E-state index >= 15 is 0 Å². The Kier molecular flexibility index (Phi) is 4.43. The van der Waals surface area contributed by atoms with E-state index in [0.717, 1.165) is 32.2 Å². The molecule has 1 saturated heterocycles. The molecule has 0 aromatic carbocycles. The summed E-state index contributed by atoms with van der Waals surface area (Å²) in [4.78, 5) is 23.3. The maximum absolute atomic E-state index is 11.3. The highest BCUT2D eigenvalue weighted by atomic mass is 16.6. The Morgan fingerprint density at radius 3 is 2.64 bits per heavy atom. The largest absolute Gasteiger partial charge is 0.450 e. The molecule has 0 saturated carbocycles. The summed E-state index contributed by atoms with van der Waals surface area (Å²) < 4.78 is 4.89. The molecular weight excluding hydrogens is 182 g/mol. The predicted molar refractivity (Wildman–Crippen MR) is 52.0 cm³/mol. The second-order valence-electron chi connectivity index (χ2n) is 3.53. The summed E-state index contributed by atoms with van der Waals surface area (Å²) in [6.07, 6.45) is 3.19. The number of amides is 1. The minimum absolute atomic E-state index is 0.225. The van der Waals surface area contributed by atoms with Crippen LogP contribution in [0.25, 0.3) is 0 Å². The maximum atomic E-state index is 11.3. The lowest BCUT2D eigenvalue weighted by molar-refractivity contribution is -0.108. The Bertz CT molecular complexity index is 198. The predicted octanol–water partition coefficient (Wildman–Crippen LogP) is 1.44. The van der Waals surface area contributed by atoms with Gasteiger partial charge in [-0.2, -0.15) is 0 Å². The molecule has 1 aliphatic rings. The number of likely N-dealkylation sites (tertiary alicyclic amines) is 1. The van der Waals surface area contributed by atoms with Crippen molar-refractivity contribution in [2.45, 2.75) is 26.2 Å². The van der Waals surface area contributed by atoms with Gasteiger partial charge in [0.2, 0.25) is 0 Å². The summed E-state index contributed by atoms with van der Waals surface area (Å²) in [5, 5.41) is 0. The average Bonchev–Trinajstić information content (AvgIpc) is 2.20. The van der Waals surface area contributed by atoms with Crippen LogP contribution in [-0.2, 0) is 9.53 Å². The molecule has 0 N–H and O–H groups in total. The molecular formula is C10H17NO3. The summed E-state index contributed by atoms with van der Waals surface area (Å²) in [6.45, 7) is 3.67. The molecule has 1 heterocycles. The number of rotatable bonds is 3. The molecule has 0 aliphatic carbocycles. The van der Waals surface area contributed by atoms with Crippen LogP contribution in [0, 0.1) is 5.92 Å². The quantitative estimate of drug-likeness (QED) is 0.646. The topological polar surface area (TPSA) is 46.6 Å². The van der Waals surface area contributed by atoms with Gasteiger partial charge < -0.3 is 14.4 Å². The zero-order chi connectivity index (χ0) is 10.4. The molecule has 0 radical (unpaired) electrons. The number of ether oxygens (including phenoxy) is 1. The van der Waals surface area contributed by atoms with Gasteiger partial charge in [0, 0.05) is 19.5 Å². The van der Waals surface area contributed by atoms with Crippen LogP contribution in [0.4, 0.5) is 4.79 Å². The molecule has 0 atom stereocenters. The van der Waals surface area contributed by atoms with Gasteiger partial charge in [-0.05, 0) is 25.7 Å². The third kappa shape index (κ3) is 3.01. The number of carbonyl (C=O) groups excluding carboxylic acids is 2. The number of piperidine rings is 1. The Morgan fingerprint density at radius 1 is 1.50 bits per heavy atom. The summed E-state index contributed by atoms with van der Waals surface area (Å²) in [6, 6.07) is 0. The summed E-state index contributed by atoms with van der Waals surface area (Å²) in [7, 11) is 0. The Hall–Kier alpha value is -1.06. The lowest BCUT2D eigenvalue weighted by atomic mass is 9.94. The minimum Gasteiger partial charge on any atom is -0.450 e. The summed E-state index contributed by atoms with van der Waals surface area (Å²) >= 11 is 0. The van der Waals surface area contributed by atoms with Crippen molar-refractivity contribution in [2.75, 3.05) is 19.7 Å². The third-order valence-electron chi connectivity index (χ3n) is 2.57. The van der Waals surface area contributed by atoms with Crippen molar-refractivity contribution in [3.05, 3.63) is 0 Å².